The lowest BCUT2D eigenvalue weighted by Crippen LogP contribution is -2.58. The highest BCUT2D eigenvalue weighted by Gasteiger charge is 2.78. The zero-order valence-corrected chi connectivity index (χ0v) is 14.6. The lowest BCUT2D eigenvalue weighted by atomic mass is 9.53. The van der Waals surface area contributed by atoms with Gasteiger partial charge in [-0.25, -0.2) is 0 Å². The van der Waals surface area contributed by atoms with Crippen molar-refractivity contribution in [1.82, 2.24) is 0 Å². The average molecular weight is 365 g/mol. The van der Waals surface area contributed by atoms with Crippen LogP contribution in [-0.4, -0.2) is 16.6 Å². The number of nitrogens with zero attached hydrogens (tertiary/aromatic N) is 4. The van der Waals surface area contributed by atoms with Crippen LogP contribution >= 0.6 is 0 Å². The minimum Gasteiger partial charge on any atom is -0.447 e. The van der Waals surface area contributed by atoms with E-state index in [-0.39, 0.29) is 17.7 Å². The Bertz CT molecular complexity index is 957. The predicted molar refractivity (Wildman–Crippen MR) is 89.6 cm³/mol. The van der Waals surface area contributed by atoms with Gasteiger partial charge in [0.05, 0.1) is 29.0 Å². The molecule has 9 nitrogen and oxygen atoms in total. The molecule has 0 radical (unpaired) electrons. The van der Waals surface area contributed by atoms with Gasteiger partial charge < -0.3 is 9.47 Å². The van der Waals surface area contributed by atoms with E-state index in [1.165, 1.54) is 24.3 Å². The Morgan fingerprint density at radius 1 is 1.30 bits per heavy atom. The molecule has 0 saturated carbocycles. The summed E-state index contributed by atoms with van der Waals surface area (Å²) in [6, 6.07) is 11.2. The second-order valence-corrected chi connectivity index (χ2v) is 6.62. The molecule has 3 rings (SSSR count). The van der Waals surface area contributed by atoms with Crippen LogP contribution < -0.4 is 0 Å². The second kappa shape index (κ2) is 5.77. The van der Waals surface area contributed by atoms with E-state index in [1.54, 1.807) is 13.8 Å². The average Bonchev–Trinajstić information content (AvgIpc) is 2.84. The molecule has 27 heavy (non-hydrogen) atoms. The van der Waals surface area contributed by atoms with E-state index in [0.29, 0.717) is 0 Å². The van der Waals surface area contributed by atoms with Crippen molar-refractivity contribution < 1.29 is 14.4 Å². The third-order valence-corrected chi connectivity index (χ3v) is 5.68. The van der Waals surface area contributed by atoms with Crippen LogP contribution in [0.3, 0.4) is 0 Å². The van der Waals surface area contributed by atoms with E-state index in [1.807, 2.05) is 18.2 Å². The number of nitro groups is 1. The number of non-ortho nitro benzene ring substituents is 1. The molecule has 2 saturated heterocycles. The molecule has 0 aliphatic carbocycles. The molecular formula is C18H15N5O4. The zero-order chi connectivity index (χ0) is 20.0. The van der Waals surface area contributed by atoms with Gasteiger partial charge in [0.1, 0.15) is 6.10 Å². The fourth-order valence-corrected chi connectivity index (χ4v) is 4.15. The number of hydrogen-bond donors (Lipinski definition) is 1. The third-order valence-electron chi connectivity index (χ3n) is 5.68. The van der Waals surface area contributed by atoms with E-state index < -0.39 is 39.5 Å². The quantitative estimate of drug-likeness (QED) is 0.637. The van der Waals surface area contributed by atoms with Gasteiger partial charge in [-0.05, 0) is 5.56 Å². The van der Waals surface area contributed by atoms with Gasteiger partial charge in [0.25, 0.3) is 5.69 Å². The highest BCUT2D eigenvalue weighted by atomic mass is 16.7. The van der Waals surface area contributed by atoms with Crippen LogP contribution in [0.4, 0.5) is 5.69 Å². The number of fused-ring (bicyclic) bond motifs is 2. The summed E-state index contributed by atoms with van der Waals surface area (Å²) in [6.45, 7) is 3.36. The summed E-state index contributed by atoms with van der Waals surface area (Å²) >= 11 is 0. The first-order valence-electron chi connectivity index (χ1n) is 8.22. The monoisotopic (exact) mass is 365 g/mol. The smallest absolute Gasteiger partial charge is 0.269 e. The Balaban J connectivity index is 2.33. The minimum atomic E-state index is -2.11. The Morgan fingerprint density at radius 2 is 1.96 bits per heavy atom. The molecule has 1 aromatic rings. The first-order valence-corrected chi connectivity index (χ1v) is 8.22. The van der Waals surface area contributed by atoms with Gasteiger partial charge in [0, 0.05) is 18.6 Å². The van der Waals surface area contributed by atoms with E-state index >= 15 is 0 Å². The summed E-state index contributed by atoms with van der Waals surface area (Å²) in [5.41, 5.74) is -4.00. The molecule has 4 atom stereocenters. The van der Waals surface area contributed by atoms with Gasteiger partial charge in [-0.3, -0.25) is 15.5 Å². The van der Waals surface area contributed by atoms with Crippen LogP contribution in [0.15, 0.2) is 24.3 Å². The lowest BCUT2D eigenvalue weighted by Gasteiger charge is -2.48. The third kappa shape index (κ3) is 1.96. The normalized spacial score (nSPS) is 33.2. The Kier molecular flexibility index (Phi) is 3.91. The molecule has 2 aliphatic rings. The first-order chi connectivity index (χ1) is 12.8. The molecule has 0 aromatic heterocycles. The Hall–Kier alpha value is -3.48. The van der Waals surface area contributed by atoms with Gasteiger partial charge in [-0.1, -0.05) is 26.0 Å². The predicted octanol–water partition coefficient (Wildman–Crippen LogP) is 2.96. The number of ether oxygens (including phenoxy) is 2. The van der Waals surface area contributed by atoms with Crippen LogP contribution in [0.1, 0.15) is 31.9 Å². The van der Waals surface area contributed by atoms with E-state index in [2.05, 4.69) is 0 Å². The molecule has 0 spiro atoms. The maximum atomic E-state index is 11.1. The van der Waals surface area contributed by atoms with Crippen molar-refractivity contribution in [2.45, 2.75) is 32.2 Å². The van der Waals surface area contributed by atoms with Crippen molar-refractivity contribution in [1.29, 1.82) is 21.2 Å². The maximum Gasteiger partial charge on any atom is 0.269 e. The Morgan fingerprint density at radius 3 is 2.48 bits per heavy atom. The molecule has 2 heterocycles. The molecule has 2 fully saturated rings. The van der Waals surface area contributed by atoms with Crippen LogP contribution in [0, 0.1) is 66.3 Å². The van der Waals surface area contributed by atoms with Crippen molar-refractivity contribution in [2.24, 2.45) is 16.7 Å². The summed E-state index contributed by atoms with van der Waals surface area (Å²) in [5.74, 6) is -2.63. The summed E-state index contributed by atoms with van der Waals surface area (Å²) in [7, 11) is 0. The fraction of sp³-hybridized carbons (Fsp3) is 0.444. The van der Waals surface area contributed by atoms with Crippen molar-refractivity contribution in [2.75, 3.05) is 0 Å². The molecule has 1 aromatic carbocycles. The summed E-state index contributed by atoms with van der Waals surface area (Å²) in [5, 5.41) is 49.3. The fourth-order valence-electron chi connectivity index (χ4n) is 4.15. The van der Waals surface area contributed by atoms with Gasteiger partial charge in [-0.2, -0.15) is 15.8 Å². The van der Waals surface area contributed by atoms with Crippen LogP contribution in [0.5, 0.6) is 0 Å². The van der Waals surface area contributed by atoms with Crippen molar-refractivity contribution in [3.8, 4) is 18.2 Å². The maximum absolute atomic E-state index is 11.1. The lowest BCUT2D eigenvalue weighted by molar-refractivity contribution is -0.385. The van der Waals surface area contributed by atoms with Crippen LogP contribution in [-0.2, 0) is 9.47 Å². The molecule has 0 amide bonds. The molecule has 1 N–H and O–H groups in total. The van der Waals surface area contributed by atoms with Crippen molar-refractivity contribution in [3.63, 3.8) is 0 Å². The van der Waals surface area contributed by atoms with E-state index in [0.717, 1.165) is 0 Å². The molecule has 0 unspecified atom stereocenters. The molecule has 136 valence electrons. The molecule has 9 heteroatoms. The number of benzene rings is 1. The molecular weight excluding hydrogens is 350 g/mol. The van der Waals surface area contributed by atoms with E-state index in [4.69, 9.17) is 14.9 Å². The highest BCUT2D eigenvalue weighted by molar-refractivity contribution is 5.89. The number of nitriles is 3. The molecule has 2 aliphatic heterocycles. The highest BCUT2D eigenvalue weighted by Crippen LogP contribution is 2.67. The molecule has 2 bridgehead atoms. The summed E-state index contributed by atoms with van der Waals surface area (Å²) in [4.78, 5) is 10.5. The second-order valence-electron chi connectivity index (χ2n) is 6.62. The topological polar surface area (TPSA) is 157 Å². The number of hydrogen-bond acceptors (Lipinski definition) is 8. The van der Waals surface area contributed by atoms with E-state index in [9.17, 15) is 25.9 Å². The summed E-state index contributed by atoms with van der Waals surface area (Å²) < 4.78 is 11.7. The number of rotatable bonds is 3. The van der Waals surface area contributed by atoms with Crippen molar-refractivity contribution >= 4 is 11.6 Å². The van der Waals surface area contributed by atoms with Crippen LogP contribution in [0.25, 0.3) is 0 Å². The summed E-state index contributed by atoms with van der Waals surface area (Å²) in [6.07, 6.45) is -1.04. The van der Waals surface area contributed by atoms with Gasteiger partial charge >= 0.3 is 0 Å². The Labute approximate surface area is 155 Å². The van der Waals surface area contributed by atoms with Crippen molar-refractivity contribution in [3.05, 3.63) is 39.9 Å². The van der Waals surface area contributed by atoms with Gasteiger partial charge in [-0.15, -0.1) is 0 Å². The number of nitrogens with one attached hydrogen (secondary N) is 1. The standard InChI is InChI=1S/C18H15N5O4/c1-3-18-11(2)17(10-21,15(22)27-18)16(8-19,9-20)14(26-18)12-5-4-6-13(7-12)23(24)25/h4-7,11,14,22H,3H2,1-2H3/t11-,14-,17-,18-/m1/s1. The zero-order valence-electron chi connectivity index (χ0n) is 14.6. The van der Waals surface area contributed by atoms with Crippen LogP contribution in [0.2, 0.25) is 0 Å². The van der Waals surface area contributed by atoms with Gasteiger partial charge in [0.2, 0.25) is 17.1 Å². The minimum absolute atomic E-state index is 0.204. The SMILES string of the molecule is CC[C@@]12OC(=N)[C@@](C#N)([C@H]1C)C(C#N)(C#N)[C@@H](c1cccc([N+](=O)[O-])c1)O2. The number of nitro benzene ring substituents is 1. The first kappa shape index (κ1) is 18.3. The van der Waals surface area contributed by atoms with Gasteiger partial charge in [0.15, 0.2) is 5.41 Å². The largest absolute Gasteiger partial charge is 0.447 e.